The second kappa shape index (κ2) is 10.4. The van der Waals surface area contributed by atoms with Gasteiger partial charge in [-0.05, 0) is 57.0 Å². The van der Waals surface area contributed by atoms with Gasteiger partial charge in [-0.1, -0.05) is 15.9 Å². The summed E-state index contributed by atoms with van der Waals surface area (Å²) in [6, 6.07) is 8.04. The maximum absolute atomic E-state index is 12.1. The van der Waals surface area contributed by atoms with Crippen molar-refractivity contribution in [1.82, 2.24) is 10.6 Å². The van der Waals surface area contributed by atoms with Crippen LogP contribution in [0.5, 0.6) is 0 Å². The highest BCUT2D eigenvalue weighted by Crippen LogP contribution is 2.14. The van der Waals surface area contributed by atoms with Gasteiger partial charge in [0.2, 0.25) is 5.91 Å². The van der Waals surface area contributed by atoms with E-state index in [2.05, 4.69) is 33.5 Å². The Bertz CT molecular complexity index is 527. The van der Waals surface area contributed by atoms with E-state index in [4.69, 9.17) is 0 Å². The van der Waals surface area contributed by atoms with E-state index in [1.54, 1.807) is 0 Å². The topological polar surface area (TPSA) is 58.2 Å². The van der Waals surface area contributed by atoms with Crippen LogP contribution in [0, 0.1) is 0 Å². The molecule has 4 nitrogen and oxygen atoms in total. The third-order valence-corrected chi connectivity index (χ3v) is 5.90. The van der Waals surface area contributed by atoms with Crippen molar-refractivity contribution in [3.8, 4) is 0 Å². The van der Waals surface area contributed by atoms with Gasteiger partial charge in [0.15, 0.2) is 0 Å². The monoisotopic (exact) mass is 422 g/mol. The van der Waals surface area contributed by atoms with E-state index in [0.717, 1.165) is 28.8 Å². The Morgan fingerprint density at radius 2 is 2.09 bits per heavy atom. The van der Waals surface area contributed by atoms with Crippen molar-refractivity contribution in [2.45, 2.75) is 49.6 Å². The minimum Gasteiger partial charge on any atom is -0.352 e. The molecule has 1 heterocycles. The summed E-state index contributed by atoms with van der Waals surface area (Å²) < 4.78 is 13.1. The molecule has 130 valence electrons. The number of benzene rings is 1. The highest BCUT2D eigenvalue weighted by Gasteiger charge is 2.22. The third-order valence-electron chi connectivity index (χ3n) is 3.92. The summed E-state index contributed by atoms with van der Waals surface area (Å²) in [5, 5.41) is 6.45. The lowest BCUT2D eigenvalue weighted by Gasteiger charge is -2.30. The lowest BCUT2D eigenvalue weighted by Crippen LogP contribution is -2.51. The first-order chi connectivity index (χ1) is 10.6. The van der Waals surface area contributed by atoms with Gasteiger partial charge in [-0.3, -0.25) is 9.00 Å². The molecule has 2 N–H and O–H groups in total. The van der Waals surface area contributed by atoms with E-state index in [0.29, 0.717) is 24.6 Å². The van der Waals surface area contributed by atoms with Crippen LogP contribution >= 0.6 is 28.3 Å². The van der Waals surface area contributed by atoms with Gasteiger partial charge < -0.3 is 10.6 Å². The molecule has 0 aromatic heterocycles. The highest BCUT2D eigenvalue weighted by molar-refractivity contribution is 9.10. The van der Waals surface area contributed by atoms with E-state index in [1.165, 1.54) is 0 Å². The molecule has 0 spiro atoms. The summed E-state index contributed by atoms with van der Waals surface area (Å²) in [6.45, 7) is 3.13. The number of amides is 1. The minimum absolute atomic E-state index is 0. The lowest BCUT2D eigenvalue weighted by molar-refractivity contribution is -0.122. The number of halogens is 2. The number of hydrogen-bond acceptors (Lipinski definition) is 3. The average molecular weight is 424 g/mol. The van der Waals surface area contributed by atoms with Gasteiger partial charge in [-0.15, -0.1) is 12.4 Å². The van der Waals surface area contributed by atoms with Gasteiger partial charge in [0, 0.05) is 33.6 Å². The molecular formula is C16H24BrClN2O2S. The Balaban J connectivity index is 0.00000264. The molecule has 1 aromatic carbocycles. The van der Waals surface area contributed by atoms with E-state index in [1.807, 2.05) is 24.3 Å². The van der Waals surface area contributed by atoms with Crippen molar-refractivity contribution < 1.29 is 9.00 Å². The van der Waals surface area contributed by atoms with E-state index < -0.39 is 10.8 Å². The first-order valence-corrected chi connectivity index (χ1v) is 9.84. The summed E-state index contributed by atoms with van der Waals surface area (Å²) in [5.41, 5.74) is 0. The van der Waals surface area contributed by atoms with Crippen molar-refractivity contribution in [2.24, 2.45) is 0 Å². The van der Waals surface area contributed by atoms with Crippen molar-refractivity contribution in [2.75, 3.05) is 12.3 Å². The number of carbonyl (C=O) groups excluding carboxylic acids is 1. The van der Waals surface area contributed by atoms with Crippen LogP contribution in [-0.2, 0) is 15.6 Å². The molecule has 1 saturated heterocycles. The van der Waals surface area contributed by atoms with Gasteiger partial charge >= 0.3 is 0 Å². The molecule has 1 aliphatic rings. The normalized spacial score (nSPS) is 22.0. The van der Waals surface area contributed by atoms with Crippen LogP contribution in [0.2, 0.25) is 0 Å². The van der Waals surface area contributed by atoms with Gasteiger partial charge in [-0.25, -0.2) is 0 Å². The molecule has 0 saturated carbocycles. The molecule has 1 amide bonds. The number of piperidine rings is 1. The van der Waals surface area contributed by atoms with Gasteiger partial charge in [0.1, 0.15) is 0 Å². The predicted octanol–water partition coefficient (Wildman–Crippen LogP) is 3.02. The summed E-state index contributed by atoms with van der Waals surface area (Å²) in [5.74, 6) is 0.585. The summed E-state index contributed by atoms with van der Waals surface area (Å²) in [7, 11) is -1.03. The first-order valence-electron chi connectivity index (χ1n) is 7.73. The number of carbonyl (C=O) groups is 1. The van der Waals surface area contributed by atoms with Gasteiger partial charge in [-0.2, -0.15) is 0 Å². The van der Waals surface area contributed by atoms with Crippen LogP contribution in [0.1, 0.15) is 32.6 Å². The third kappa shape index (κ3) is 6.91. The van der Waals surface area contributed by atoms with Crippen LogP contribution in [0.4, 0.5) is 0 Å². The predicted molar refractivity (Wildman–Crippen MR) is 101 cm³/mol. The van der Waals surface area contributed by atoms with E-state index >= 15 is 0 Å². The molecule has 0 aliphatic carbocycles. The van der Waals surface area contributed by atoms with Crippen LogP contribution in [-0.4, -0.2) is 34.5 Å². The van der Waals surface area contributed by atoms with Crippen molar-refractivity contribution in [1.29, 1.82) is 0 Å². The fourth-order valence-electron chi connectivity index (χ4n) is 2.59. The zero-order valence-corrected chi connectivity index (χ0v) is 16.4. The molecule has 2 rings (SSSR count). The quantitative estimate of drug-likeness (QED) is 0.739. The lowest BCUT2D eigenvalue weighted by atomic mass is 10.00. The summed E-state index contributed by atoms with van der Waals surface area (Å²) in [4.78, 5) is 12.8. The van der Waals surface area contributed by atoms with Gasteiger partial charge in [0.05, 0.1) is 10.8 Å². The molecule has 0 bridgehead atoms. The van der Waals surface area contributed by atoms with Gasteiger partial charge in [0.25, 0.3) is 0 Å². The van der Waals surface area contributed by atoms with E-state index in [9.17, 15) is 9.00 Å². The second-order valence-corrected chi connectivity index (χ2v) is 8.15. The molecule has 0 radical (unpaired) electrons. The van der Waals surface area contributed by atoms with Crippen molar-refractivity contribution in [3.05, 3.63) is 28.7 Å². The SMILES string of the molecule is CC1NCCCC1NC(=O)CCCS(=O)c1ccc(Br)cc1.Cl. The zero-order valence-electron chi connectivity index (χ0n) is 13.2. The maximum atomic E-state index is 12.1. The van der Waals surface area contributed by atoms with Crippen molar-refractivity contribution >= 4 is 45.0 Å². The van der Waals surface area contributed by atoms with E-state index in [-0.39, 0.29) is 24.4 Å². The van der Waals surface area contributed by atoms with Crippen LogP contribution in [0.25, 0.3) is 0 Å². The van der Waals surface area contributed by atoms with Crippen LogP contribution in [0.3, 0.4) is 0 Å². The molecule has 1 fully saturated rings. The first kappa shape index (κ1) is 20.6. The summed E-state index contributed by atoms with van der Waals surface area (Å²) >= 11 is 3.36. The minimum atomic E-state index is -1.03. The summed E-state index contributed by atoms with van der Waals surface area (Å²) in [6.07, 6.45) is 3.21. The molecule has 7 heteroatoms. The standard InChI is InChI=1S/C16H23BrN2O2S.ClH/c1-12-15(4-2-10-18-12)19-16(20)5-3-11-22(21)14-8-6-13(17)7-9-14;/h6-9,12,15,18H,2-5,10-11H2,1H3,(H,19,20);1H. The molecule has 1 aromatic rings. The zero-order chi connectivity index (χ0) is 15.9. The van der Waals surface area contributed by atoms with Crippen LogP contribution in [0.15, 0.2) is 33.6 Å². The maximum Gasteiger partial charge on any atom is 0.220 e. The Morgan fingerprint density at radius 3 is 2.74 bits per heavy atom. The fourth-order valence-corrected chi connectivity index (χ4v) is 3.93. The Morgan fingerprint density at radius 1 is 1.39 bits per heavy atom. The number of hydrogen-bond donors (Lipinski definition) is 2. The second-order valence-electron chi connectivity index (χ2n) is 5.67. The van der Waals surface area contributed by atoms with Crippen LogP contribution < -0.4 is 10.6 Å². The number of rotatable bonds is 6. The molecular weight excluding hydrogens is 400 g/mol. The molecule has 3 atom stereocenters. The molecule has 1 aliphatic heterocycles. The smallest absolute Gasteiger partial charge is 0.220 e. The average Bonchev–Trinajstić information content (AvgIpc) is 2.50. The number of nitrogens with one attached hydrogen (secondary N) is 2. The Hall–Kier alpha value is -0.430. The van der Waals surface area contributed by atoms with Crippen molar-refractivity contribution in [3.63, 3.8) is 0 Å². The molecule has 23 heavy (non-hydrogen) atoms. The Kier molecular flexibility index (Phi) is 9.36. The largest absolute Gasteiger partial charge is 0.352 e. The Labute approximate surface area is 155 Å². The highest BCUT2D eigenvalue weighted by atomic mass is 79.9. The fraction of sp³-hybridized carbons (Fsp3) is 0.562. The molecule has 3 unspecified atom stereocenters.